The normalized spacial score (nSPS) is 10.4. The number of H-pyrrole nitrogens is 1. The van der Waals surface area contributed by atoms with E-state index in [0.29, 0.717) is 5.69 Å². The molecule has 0 saturated heterocycles. The number of carbonyl (C=O) groups excluding carboxylic acids is 2. The first-order valence-corrected chi connectivity index (χ1v) is 7.28. The summed E-state index contributed by atoms with van der Waals surface area (Å²) in [6.07, 6.45) is 1.92. The molecule has 116 valence electrons. The molecule has 1 aromatic heterocycles. The SMILES string of the molecule is O=C(COC(=O)Cc1c[nH]c2ccccc12)Nc1ccccc1. The first kappa shape index (κ1) is 14.8. The predicted octanol–water partition coefficient (Wildman–Crippen LogP) is 2.89. The Hall–Kier alpha value is -3.08. The monoisotopic (exact) mass is 308 g/mol. The second-order valence-corrected chi connectivity index (χ2v) is 5.11. The summed E-state index contributed by atoms with van der Waals surface area (Å²) >= 11 is 0. The second kappa shape index (κ2) is 6.79. The molecular formula is C18H16N2O3. The van der Waals surface area contributed by atoms with E-state index >= 15 is 0 Å². The van der Waals surface area contributed by atoms with Crippen LogP contribution in [0.3, 0.4) is 0 Å². The molecule has 1 amide bonds. The fourth-order valence-corrected chi connectivity index (χ4v) is 2.35. The molecule has 23 heavy (non-hydrogen) atoms. The first-order valence-electron chi connectivity index (χ1n) is 7.28. The number of amides is 1. The minimum Gasteiger partial charge on any atom is -0.455 e. The maximum atomic E-state index is 11.9. The van der Waals surface area contributed by atoms with Crippen molar-refractivity contribution in [2.24, 2.45) is 0 Å². The molecule has 0 aliphatic heterocycles. The van der Waals surface area contributed by atoms with Crippen LogP contribution in [-0.4, -0.2) is 23.5 Å². The number of para-hydroxylation sites is 2. The van der Waals surface area contributed by atoms with E-state index in [9.17, 15) is 9.59 Å². The molecule has 1 heterocycles. The number of benzene rings is 2. The fraction of sp³-hybridized carbons (Fsp3) is 0.111. The van der Waals surface area contributed by atoms with Gasteiger partial charge in [-0.3, -0.25) is 9.59 Å². The van der Waals surface area contributed by atoms with Crippen LogP contribution in [0.15, 0.2) is 60.8 Å². The van der Waals surface area contributed by atoms with Gasteiger partial charge in [-0.15, -0.1) is 0 Å². The van der Waals surface area contributed by atoms with E-state index in [0.717, 1.165) is 16.5 Å². The van der Waals surface area contributed by atoms with E-state index in [2.05, 4.69) is 10.3 Å². The van der Waals surface area contributed by atoms with Crippen molar-refractivity contribution in [1.29, 1.82) is 0 Å². The van der Waals surface area contributed by atoms with Gasteiger partial charge < -0.3 is 15.0 Å². The number of ether oxygens (including phenoxy) is 1. The molecule has 0 saturated carbocycles. The maximum absolute atomic E-state index is 11.9. The third-order valence-electron chi connectivity index (χ3n) is 3.43. The summed E-state index contributed by atoms with van der Waals surface area (Å²) in [5.41, 5.74) is 2.50. The lowest BCUT2D eigenvalue weighted by molar-refractivity contribution is -0.146. The Morgan fingerprint density at radius 1 is 1.00 bits per heavy atom. The minimum absolute atomic E-state index is 0.128. The van der Waals surface area contributed by atoms with Crippen molar-refractivity contribution >= 4 is 28.5 Å². The zero-order valence-corrected chi connectivity index (χ0v) is 12.4. The van der Waals surface area contributed by atoms with E-state index in [1.807, 2.05) is 42.5 Å². The quantitative estimate of drug-likeness (QED) is 0.712. The van der Waals surface area contributed by atoms with Crippen molar-refractivity contribution in [2.75, 3.05) is 11.9 Å². The minimum atomic E-state index is -0.432. The van der Waals surface area contributed by atoms with Crippen LogP contribution in [-0.2, 0) is 20.7 Å². The van der Waals surface area contributed by atoms with Crippen molar-refractivity contribution < 1.29 is 14.3 Å². The number of esters is 1. The Labute approximate surface area is 133 Å². The zero-order chi connectivity index (χ0) is 16.1. The highest BCUT2D eigenvalue weighted by Crippen LogP contribution is 2.18. The molecule has 2 aromatic carbocycles. The number of hydrogen-bond donors (Lipinski definition) is 2. The van der Waals surface area contributed by atoms with Crippen molar-refractivity contribution in [3.8, 4) is 0 Å². The number of anilines is 1. The Kier molecular flexibility index (Phi) is 4.38. The van der Waals surface area contributed by atoms with Gasteiger partial charge in [0.1, 0.15) is 0 Å². The Balaban J connectivity index is 1.52. The molecule has 0 aliphatic carbocycles. The van der Waals surface area contributed by atoms with Crippen LogP contribution < -0.4 is 5.32 Å². The summed E-state index contributed by atoms with van der Waals surface area (Å²) in [6.45, 7) is -0.296. The van der Waals surface area contributed by atoms with Crippen LogP contribution in [0.4, 0.5) is 5.69 Å². The lowest BCUT2D eigenvalue weighted by Gasteiger charge is -2.06. The highest BCUT2D eigenvalue weighted by Gasteiger charge is 2.11. The molecule has 0 unspecified atom stereocenters. The van der Waals surface area contributed by atoms with Gasteiger partial charge in [0, 0.05) is 22.8 Å². The van der Waals surface area contributed by atoms with Gasteiger partial charge in [-0.2, -0.15) is 0 Å². The third-order valence-corrected chi connectivity index (χ3v) is 3.43. The Bertz CT molecular complexity index is 824. The average molecular weight is 308 g/mol. The molecule has 5 nitrogen and oxygen atoms in total. The smallest absolute Gasteiger partial charge is 0.310 e. The van der Waals surface area contributed by atoms with Gasteiger partial charge in [-0.1, -0.05) is 36.4 Å². The third kappa shape index (κ3) is 3.77. The van der Waals surface area contributed by atoms with Crippen LogP contribution in [0.5, 0.6) is 0 Å². The number of fused-ring (bicyclic) bond motifs is 1. The largest absolute Gasteiger partial charge is 0.455 e. The first-order chi connectivity index (χ1) is 11.2. The van der Waals surface area contributed by atoms with E-state index in [-0.39, 0.29) is 18.9 Å². The van der Waals surface area contributed by atoms with Crippen LogP contribution in [0.1, 0.15) is 5.56 Å². The summed E-state index contributed by atoms with van der Waals surface area (Å²) in [5.74, 6) is -0.790. The number of aromatic nitrogens is 1. The van der Waals surface area contributed by atoms with Gasteiger partial charge in [-0.25, -0.2) is 0 Å². The summed E-state index contributed by atoms with van der Waals surface area (Å²) < 4.78 is 5.03. The molecule has 0 fully saturated rings. The molecule has 3 rings (SSSR count). The van der Waals surface area contributed by atoms with Crippen LogP contribution in [0, 0.1) is 0 Å². The molecule has 5 heteroatoms. The van der Waals surface area contributed by atoms with Crippen LogP contribution in [0.25, 0.3) is 10.9 Å². The van der Waals surface area contributed by atoms with Gasteiger partial charge in [0.15, 0.2) is 6.61 Å². The number of hydrogen-bond acceptors (Lipinski definition) is 3. The molecule has 0 radical (unpaired) electrons. The van der Waals surface area contributed by atoms with Crippen molar-refractivity contribution in [1.82, 2.24) is 4.98 Å². The average Bonchev–Trinajstić information content (AvgIpc) is 2.97. The summed E-state index contributed by atoms with van der Waals surface area (Å²) in [4.78, 5) is 26.7. The van der Waals surface area contributed by atoms with E-state index in [1.165, 1.54) is 0 Å². The van der Waals surface area contributed by atoms with Gasteiger partial charge in [0.05, 0.1) is 6.42 Å². The zero-order valence-electron chi connectivity index (χ0n) is 12.4. The van der Waals surface area contributed by atoms with Crippen molar-refractivity contribution in [3.63, 3.8) is 0 Å². The maximum Gasteiger partial charge on any atom is 0.310 e. The molecular weight excluding hydrogens is 292 g/mol. The van der Waals surface area contributed by atoms with Crippen LogP contribution >= 0.6 is 0 Å². The Morgan fingerprint density at radius 2 is 1.74 bits per heavy atom. The molecule has 0 atom stereocenters. The lowest BCUT2D eigenvalue weighted by atomic mass is 10.1. The summed E-state index contributed by atoms with van der Waals surface area (Å²) in [5, 5.41) is 3.65. The van der Waals surface area contributed by atoms with Gasteiger partial charge >= 0.3 is 5.97 Å². The van der Waals surface area contributed by atoms with Gasteiger partial charge in [0.25, 0.3) is 5.91 Å². The number of carbonyl (C=O) groups is 2. The van der Waals surface area contributed by atoms with Crippen LogP contribution in [0.2, 0.25) is 0 Å². The predicted molar refractivity (Wildman–Crippen MR) is 88.0 cm³/mol. The second-order valence-electron chi connectivity index (χ2n) is 5.11. The molecule has 0 aliphatic rings. The van der Waals surface area contributed by atoms with E-state index < -0.39 is 5.97 Å². The highest BCUT2D eigenvalue weighted by atomic mass is 16.5. The molecule has 2 N–H and O–H groups in total. The van der Waals surface area contributed by atoms with Gasteiger partial charge in [-0.05, 0) is 23.8 Å². The van der Waals surface area contributed by atoms with Crippen molar-refractivity contribution in [3.05, 3.63) is 66.4 Å². The lowest BCUT2D eigenvalue weighted by Crippen LogP contribution is -2.21. The molecule has 0 bridgehead atoms. The number of rotatable bonds is 5. The standard InChI is InChI=1S/C18H16N2O3/c21-17(20-14-6-2-1-3-7-14)12-23-18(22)10-13-11-19-16-9-5-4-8-15(13)16/h1-9,11,19H,10,12H2,(H,20,21). The number of aromatic amines is 1. The molecule has 3 aromatic rings. The van der Waals surface area contributed by atoms with E-state index in [1.54, 1.807) is 18.3 Å². The van der Waals surface area contributed by atoms with Crippen molar-refractivity contribution in [2.45, 2.75) is 6.42 Å². The number of nitrogens with one attached hydrogen (secondary N) is 2. The Morgan fingerprint density at radius 3 is 2.57 bits per heavy atom. The van der Waals surface area contributed by atoms with E-state index in [4.69, 9.17) is 4.74 Å². The fourth-order valence-electron chi connectivity index (χ4n) is 2.35. The highest BCUT2D eigenvalue weighted by molar-refractivity contribution is 5.93. The molecule has 0 spiro atoms. The van der Waals surface area contributed by atoms with Gasteiger partial charge in [0.2, 0.25) is 0 Å². The topological polar surface area (TPSA) is 71.2 Å². The summed E-state index contributed by atoms with van der Waals surface area (Å²) in [6, 6.07) is 16.8. The summed E-state index contributed by atoms with van der Waals surface area (Å²) in [7, 11) is 0.